The van der Waals surface area contributed by atoms with Crippen molar-refractivity contribution in [3.63, 3.8) is 0 Å². The van der Waals surface area contributed by atoms with Gasteiger partial charge in [0.05, 0.1) is 17.5 Å². The molecule has 0 unspecified atom stereocenters. The summed E-state index contributed by atoms with van der Waals surface area (Å²) in [6.45, 7) is 4.32. The number of hydrogen-bond acceptors (Lipinski definition) is 4. The molecule has 0 saturated carbocycles. The van der Waals surface area contributed by atoms with Crippen molar-refractivity contribution in [3.05, 3.63) is 23.8 Å². The van der Waals surface area contributed by atoms with Gasteiger partial charge >= 0.3 is 0 Å². The Balaban J connectivity index is 1.98. The number of carbonyl (C=O) groups is 3. The van der Waals surface area contributed by atoms with Gasteiger partial charge in [-0.05, 0) is 31.5 Å². The van der Waals surface area contributed by atoms with Crippen LogP contribution in [-0.2, 0) is 9.59 Å². The fourth-order valence-electron chi connectivity index (χ4n) is 1.94. The predicted octanol–water partition coefficient (Wildman–Crippen LogP) is 1.38. The normalized spacial score (nSPS) is 16.5. The van der Waals surface area contributed by atoms with Gasteiger partial charge in [0.2, 0.25) is 11.8 Å². The van der Waals surface area contributed by atoms with E-state index >= 15 is 0 Å². The molecule has 7 heteroatoms. The second-order valence-corrected chi connectivity index (χ2v) is 6.38. The van der Waals surface area contributed by atoms with Gasteiger partial charge in [-0.25, -0.2) is 0 Å². The highest BCUT2D eigenvalue weighted by Gasteiger charge is 2.23. The minimum atomic E-state index is -0.340. The molecule has 0 aromatic heterocycles. The summed E-state index contributed by atoms with van der Waals surface area (Å²) in [6.07, 6.45) is 0.848. The molecule has 1 aromatic carbocycles. The summed E-state index contributed by atoms with van der Waals surface area (Å²) in [7, 11) is 0. The fraction of sp³-hybridized carbons (Fsp3) is 0.400. The Kier molecular flexibility index (Phi) is 5.43. The zero-order valence-electron chi connectivity index (χ0n) is 12.6. The van der Waals surface area contributed by atoms with Crippen LogP contribution in [0.3, 0.4) is 0 Å². The van der Waals surface area contributed by atoms with Crippen molar-refractivity contribution in [1.82, 2.24) is 10.6 Å². The van der Waals surface area contributed by atoms with E-state index in [1.165, 1.54) is 11.8 Å². The van der Waals surface area contributed by atoms with Gasteiger partial charge in [0.1, 0.15) is 0 Å². The second kappa shape index (κ2) is 7.31. The Morgan fingerprint density at radius 1 is 1.32 bits per heavy atom. The van der Waals surface area contributed by atoms with Gasteiger partial charge in [-0.1, -0.05) is 6.92 Å². The molecule has 1 aliphatic heterocycles. The number of anilines is 1. The number of thioether (sulfide) groups is 1. The summed E-state index contributed by atoms with van der Waals surface area (Å²) < 4.78 is 0. The molecule has 3 amide bonds. The van der Waals surface area contributed by atoms with E-state index in [0.29, 0.717) is 17.8 Å². The van der Waals surface area contributed by atoms with Gasteiger partial charge in [-0.2, -0.15) is 0 Å². The lowest BCUT2D eigenvalue weighted by Gasteiger charge is -2.21. The van der Waals surface area contributed by atoms with E-state index in [4.69, 9.17) is 0 Å². The number of nitrogens with one attached hydrogen (secondary N) is 3. The third-order valence-corrected chi connectivity index (χ3v) is 4.33. The number of carbonyl (C=O) groups excluding carboxylic acids is 3. The first-order valence-electron chi connectivity index (χ1n) is 7.17. The molecule has 3 N–H and O–H groups in total. The van der Waals surface area contributed by atoms with E-state index in [2.05, 4.69) is 16.0 Å². The van der Waals surface area contributed by atoms with E-state index in [1.807, 2.05) is 19.9 Å². The molecule has 118 valence electrons. The maximum absolute atomic E-state index is 12.0. The molecule has 2 rings (SSSR count). The van der Waals surface area contributed by atoms with Gasteiger partial charge < -0.3 is 16.0 Å². The van der Waals surface area contributed by atoms with Gasteiger partial charge in [0.25, 0.3) is 5.91 Å². The average molecular weight is 321 g/mol. The maximum Gasteiger partial charge on any atom is 0.251 e. The third kappa shape index (κ3) is 4.00. The summed E-state index contributed by atoms with van der Waals surface area (Å²) in [5.41, 5.74) is 1.05. The molecule has 22 heavy (non-hydrogen) atoms. The van der Waals surface area contributed by atoms with Crippen LogP contribution in [0.2, 0.25) is 0 Å². The second-order valence-electron chi connectivity index (χ2n) is 4.99. The van der Waals surface area contributed by atoms with E-state index in [9.17, 15) is 14.4 Å². The standard InChI is InChI=1S/C15H19N3O3S/c1-3-6-16-13(19)8-17-15(21)10-4-5-12-11(7-10)18-14(20)9(2)22-12/h4-5,7,9H,3,6,8H2,1-2H3,(H,16,19)(H,17,21)(H,18,20)/t9-/m0/s1. The number of benzene rings is 1. The summed E-state index contributed by atoms with van der Waals surface area (Å²) in [5.74, 6) is -0.632. The monoisotopic (exact) mass is 321 g/mol. The van der Waals surface area contributed by atoms with Crippen LogP contribution in [0, 0.1) is 0 Å². The van der Waals surface area contributed by atoms with E-state index < -0.39 is 0 Å². The van der Waals surface area contributed by atoms with E-state index in [-0.39, 0.29) is 29.5 Å². The minimum Gasteiger partial charge on any atom is -0.355 e. The fourth-order valence-corrected chi connectivity index (χ4v) is 2.87. The summed E-state index contributed by atoms with van der Waals surface area (Å²) in [4.78, 5) is 36.1. The quantitative estimate of drug-likeness (QED) is 0.764. The zero-order valence-corrected chi connectivity index (χ0v) is 13.4. The van der Waals surface area contributed by atoms with Gasteiger partial charge in [0, 0.05) is 17.0 Å². The molecule has 1 atom stereocenters. The van der Waals surface area contributed by atoms with Crippen molar-refractivity contribution in [1.29, 1.82) is 0 Å². The summed E-state index contributed by atoms with van der Waals surface area (Å²) >= 11 is 1.46. The number of fused-ring (bicyclic) bond motifs is 1. The topological polar surface area (TPSA) is 87.3 Å². The van der Waals surface area contributed by atoms with Crippen LogP contribution in [-0.4, -0.2) is 36.1 Å². The van der Waals surface area contributed by atoms with Crippen molar-refractivity contribution in [2.75, 3.05) is 18.4 Å². The zero-order chi connectivity index (χ0) is 16.1. The Morgan fingerprint density at radius 2 is 2.09 bits per heavy atom. The Morgan fingerprint density at radius 3 is 2.82 bits per heavy atom. The summed E-state index contributed by atoms with van der Waals surface area (Å²) in [5, 5.41) is 7.88. The van der Waals surface area contributed by atoms with Crippen LogP contribution in [0.15, 0.2) is 23.1 Å². The lowest BCUT2D eigenvalue weighted by Crippen LogP contribution is -2.37. The lowest BCUT2D eigenvalue weighted by molar-refractivity contribution is -0.120. The van der Waals surface area contributed by atoms with Crippen molar-refractivity contribution >= 4 is 35.2 Å². The highest BCUT2D eigenvalue weighted by molar-refractivity contribution is 8.00. The van der Waals surface area contributed by atoms with E-state index in [0.717, 1.165) is 11.3 Å². The van der Waals surface area contributed by atoms with Crippen LogP contribution < -0.4 is 16.0 Å². The third-order valence-electron chi connectivity index (χ3n) is 3.15. The molecule has 1 aliphatic rings. The van der Waals surface area contributed by atoms with Gasteiger partial charge in [-0.15, -0.1) is 11.8 Å². The minimum absolute atomic E-state index is 0.0614. The Hall–Kier alpha value is -2.02. The van der Waals surface area contributed by atoms with Crippen LogP contribution in [0.5, 0.6) is 0 Å². The first-order chi connectivity index (χ1) is 10.5. The summed E-state index contributed by atoms with van der Waals surface area (Å²) in [6, 6.07) is 5.13. The smallest absolute Gasteiger partial charge is 0.251 e. The molecule has 1 aromatic rings. The van der Waals surface area contributed by atoms with E-state index in [1.54, 1.807) is 12.1 Å². The molecule has 0 saturated heterocycles. The SMILES string of the molecule is CCCNC(=O)CNC(=O)c1ccc2c(c1)NC(=O)[C@H](C)S2. The van der Waals surface area contributed by atoms with Gasteiger partial charge in [-0.3, -0.25) is 14.4 Å². The molecule has 1 heterocycles. The highest BCUT2D eigenvalue weighted by Crippen LogP contribution is 2.35. The van der Waals surface area contributed by atoms with Crippen molar-refractivity contribution < 1.29 is 14.4 Å². The Bertz CT molecular complexity index is 604. The van der Waals surface area contributed by atoms with Crippen LogP contribution in [0.25, 0.3) is 0 Å². The molecule has 0 radical (unpaired) electrons. The predicted molar refractivity (Wildman–Crippen MR) is 86.0 cm³/mol. The maximum atomic E-state index is 12.0. The highest BCUT2D eigenvalue weighted by atomic mass is 32.2. The van der Waals surface area contributed by atoms with Crippen molar-refractivity contribution in [2.24, 2.45) is 0 Å². The molecular formula is C15H19N3O3S. The average Bonchev–Trinajstić information content (AvgIpc) is 2.51. The molecule has 0 bridgehead atoms. The van der Waals surface area contributed by atoms with Crippen molar-refractivity contribution in [3.8, 4) is 0 Å². The first-order valence-corrected chi connectivity index (χ1v) is 8.05. The molecular weight excluding hydrogens is 302 g/mol. The molecule has 0 aliphatic carbocycles. The lowest BCUT2D eigenvalue weighted by atomic mass is 10.1. The van der Waals surface area contributed by atoms with Crippen LogP contribution in [0.1, 0.15) is 30.6 Å². The number of amides is 3. The number of hydrogen-bond donors (Lipinski definition) is 3. The van der Waals surface area contributed by atoms with Crippen LogP contribution in [0.4, 0.5) is 5.69 Å². The van der Waals surface area contributed by atoms with Crippen molar-refractivity contribution in [2.45, 2.75) is 30.4 Å². The Labute approximate surface area is 133 Å². The molecule has 0 fully saturated rings. The molecule has 0 spiro atoms. The molecule has 6 nitrogen and oxygen atoms in total. The number of rotatable bonds is 5. The largest absolute Gasteiger partial charge is 0.355 e. The first kappa shape index (κ1) is 16.4. The van der Waals surface area contributed by atoms with Crippen LogP contribution >= 0.6 is 11.8 Å². The van der Waals surface area contributed by atoms with Gasteiger partial charge in [0.15, 0.2) is 0 Å².